The molecule has 0 bridgehead atoms. The van der Waals surface area contributed by atoms with Crippen molar-refractivity contribution in [3.05, 3.63) is 69.0 Å². The first-order chi connectivity index (χ1) is 13.5. The zero-order chi connectivity index (χ0) is 19.7. The maximum absolute atomic E-state index is 11.9. The van der Waals surface area contributed by atoms with E-state index in [0.717, 1.165) is 27.8 Å². The van der Waals surface area contributed by atoms with Crippen molar-refractivity contribution in [1.82, 2.24) is 15.2 Å². The minimum Gasteiger partial charge on any atom is -0.497 e. The molecule has 4 aromatic rings. The summed E-state index contributed by atoms with van der Waals surface area (Å²) in [5.74, 6) is 1.96. The Bertz CT molecular complexity index is 1200. The van der Waals surface area contributed by atoms with Crippen LogP contribution >= 0.6 is 23.4 Å². The molecule has 0 radical (unpaired) electrons. The van der Waals surface area contributed by atoms with Crippen LogP contribution in [0, 0.1) is 6.92 Å². The lowest BCUT2D eigenvalue weighted by atomic mass is 10.1. The van der Waals surface area contributed by atoms with E-state index in [0.29, 0.717) is 27.3 Å². The van der Waals surface area contributed by atoms with Crippen LogP contribution in [-0.2, 0) is 5.75 Å². The van der Waals surface area contributed by atoms with E-state index in [4.69, 9.17) is 20.8 Å². The Labute approximate surface area is 169 Å². The van der Waals surface area contributed by atoms with Crippen LogP contribution in [0.5, 0.6) is 5.75 Å². The molecular formula is C20H16ClN3O3S. The number of aromatic nitrogens is 3. The van der Waals surface area contributed by atoms with E-state index in [1.165, 1.54) is 17.8 Å². The van der Waals surface area contributed by atoms with Crippen LogP contribution in [0.25, 0.3) is 22.4 Å². The molecule has 0 atom stereocenters. The second kappa shape index (κ2) is 7.69. The largest absolute Gasteiger partial charge is 0.497 e. The molecule has 0 amide bonds. The van der Waals surface area contributed by atoms with Gasteiger partial charge in [-0.15, -0.1) is 5.10 Å². The number of aromatic amines is 1. The van der Waals surface area contributed by atoms with Crippen molar-refractivity contribution < 1.29 is 9.15 Å². The van der Waals surface area contributed by atoms with Gasteiger partial charge in [-0.05, 0) is 54.4 Å². The summed E-state index contributed by atoms with van der Waals surface area (Å²) in [5, 5.41) is 9.22. The lowest BCUT2D eigenvalue weighted by molar-refractivity contribution is 0.415. The number of aryl methyl sites for hydroxylation is 1. The molecule has 4 rings (SSSR count). The van der Waals surface area contributed by atoms with Gasteiger partial charge in [0.15, 0.2) is 5.82 Å². The van der Waals surface area contributed by atoms with Gasteiger partial charge >= 0.3 is 5.63 Å². The summed E-state index contributed by atoms with van der Waals surface area (Å²) in [7, 11) is 1.63. The Morgan fingerprint density at radius 1 is 1.21 bits per heavy atom. The fourth-order valence-corrected chi connectivity index (χ4v) is 3.75. The molecule has 2 aromatic carbocycles. The lowest BCUT2D eigenvalue weighted by Crippen LogP contribution is -2.00. The second-order valence-corrected chi connectivity index (χ2v) is 7.52. The van der Waals surface area contributed by atoms with Crippen molar-refractivity contribution in [3.63, 3.8) is 0 Å². The molecule has 6 nitrogen and oxygen atoms in total. The maximum atomic E-state index is 11.9. The number of methoxy groups -OCH3 is 1. The van der Waals surface area contributed by atoms with E-state index in [9.17, 15) is 4.79 Å². The summed E-state index contributed by atoms with van der Waals surface area (Å²) in [4.78, 5) is 16.4. The van der Waals surface area contributed by atoms with Crippen LogP contribution in [0.4, 0.5) is 0 Å². The predicted octanol–water partition coefficient (Wildman–Crippen LogP) is 4.84. The van der Waals surface area contributed by atoms with E-state index < -0.39 is 5.63 Å². The Hall–Kier alpha value is -2.77. The van der Waals surface area contributed by atoms with E-state index >= 15 is 0 Å². The van der Waals surface area contributed by atoms with Crippen molar-refractivity contribution in [3.8, 4) is 17.1 Å². The van der Waals surface area contributed by atoms with Crippen LogP contribution < -0.4 is 10.4 Å². The number of thioether (sulfide) groups is 1. The zero-order valence-electron chi connectivity index (χ0n) is 15.2. The smallest absolute Gasteiger partial charge is 0.336 e. The SMILES string of the molecule is COc1ccc(-c2nc(SCc3cc(=O)oc4cc(C)c(Cl)cc34)n[nH]2)cc1. The van der Waals surface area contributed by atoms with Crippen LogP contribution in [0.3, 0.4) is 0 Å². The quantitative estimate of drug-likeness (QED) is 0.372. The Morgan fingerprint density at radius 2 is 2.00 bits per heavy atom. The molecule has 0 aliphatic carbocycles. The average Bonchev–Trinajstić information content (AvgIpc) is 3.16. The minimum absolute atomic E-state index is 0.390. The highest BCUT2D eigenvalue weighted by atomic mass is 35.5. The van der Waals surface area contributed by atoms with Crippen molar-refractivity contribution in [1.29, 1.82) is 0 Å². The summed E-state index contributed by atoms with van der Waals surface area (Å²) >= 11 is 7.67. The molecule has 2 aromatic heterocycles. The van der Waals surface area contributed by atoms with Gasteiger partial charge in [0.2, 0.25) is 5.16 Å². The molecule has 0 saturated heterocycles. The second-order valence-electron chi connectivity index (χ2n) is 6.17. The third kappa shape index (κ3) is 3.76. The molecule has 0 unspecified atom stereocenters. The highest BCUT2D eigenvalue weighted by Gasteiger charge is 2.11. The molecule has 0 fully saturated rings. The van der Waals surface area contributed by atoms with Gasteiger partial charge in [-0.25, -0.2) is 9.78 Å². The minimum atomic E-state index is -0.390. The number of halogens is 1. The lowest BCUT2D eigenvalue weighted by Gasteiger charge is -2.06. The normalized spacial score (nSPS) is 11.1. The summed E-state index contributed by atoms with van der Waals surface area (Å²) in [5.41, 5.74) is 2.74. The van der Waals surface area contributed by atoms with Gasteiger partial charge in [0.05, 0.1) is 7.11 Å². The maximum Gasteiger partial charge on any atom is 0.336 e. The fraction of sp³-hybridized carbons (Fsp3) is 0.150. The highest BCUT2D eigenvalue weighted by Crippen LogP contribution is 2.29. The topological polar surface area (TPSA) is 81.0 Å². The first kappa shape index (κ1) is 18.6. The van der Waals surface area contributed by atoms with Gasteiger partial charge < -0.3 is 9.15 Å². The van der Waals surface area contributed by atoms with Gasteiger partial charge in [-0.2, -0.15) is 0 Å². The van der Waals surface area contributed by atoms with Crippen LogP contribution in [0.1, 0.15) is 11.1 Å². The van der Waals surface area contributed by atoms with Crippen LogP contribution in [-0.4, -0.2) is 22.3 Å². The molecule has 0 aliphatic heterocycles. The van der Waals surface area contributed by atoms with Gasteiger partial charge in [-0.1, -0.05) is 23.4 Å². The molecule has 28 heavy (non-hydrogen) atoms. The summed E-state index contributed by atoms with van der Waals surface area (Å²) < 4.78 is 10.5. The first-order valence-electron chi connectivity index (χ1n) is 8.46. The number of nitrogens with one attached hydrogen (secondary N) is 1. The van der Waals surface area contributed by atoms with Gasteiger partial charge in [-0.3, -0.25) is 5.10 Å². The van der Waals surface area contributed by atoms with E-state index in [2.05, 4.69) is 15.2 Å². The van der Waals surface area contributed by atoms with Crippen molar-refractivity contribution in [2.24, 2.45) is 0 Å². The molecule has 0 aliphatic rings. The summed E-state index contributed by atoms with van der Waals surface area (Å²) in [6, 6.07) is 12.6. The molecule has 0 saturated carbocycles. The number of rotatable bonds is 5. The third-order valence-electron chi connectivity index (χ3n) is 4.29. The zero-order valence-corrected chi connectivity index (χ0v) is 16.7. The van der Waals surface area contributed by atoms with Crippen molar-refractivity contribution >= 4 is 34.3 Å². The number of hydrogen-bond acceptors (Lipinski definition) is 6. The Balaban J connectivity index is 1.57. The van der Waals surface area contributed by atoms with Crippen molar-refractivity contribution in [2.75, 3.05) is 7.11 Å². The van der Waals surface area contributed by atoms with Crippen LogP contribution in [0.2, 0.25) is 5.02 Å². The number of nitrogens with zero attached hydrogens (tertiary/aromatic N) is 2. The summed E-state index contributed by atoms with van der Waals surface area (Å²) in [6.45, 7) is 1.87. The number of H-pyrrole nitrogens is 1. The molecular weight excluding hydrogens is 398 g/mol. The fourth-order valence-electron chi connectivity index (χ4n) is 2.80. The Morgan fingerprint density at radius 3 is 2.75 bits per heavy atom. The van der Waals surface area contributed by atoms with Gasteiger partial charge in [0, 0.05) is 27.8 Å². The number of fused-ring (bicyclic) bond motifs is 1. The predicted molar refractivity (Wildman–Crippen MR) is 110 cm³/mol. The number of ether oxygens (including phenoxy) is 1. The Kier molecular flexibility index (Phi) is 5.11. The molecule has 1 N–H and O–H groups in total. The van der Waals surface area contributed by atoms with Gasteiger partial charge in [0.1, 0.15) is 11.3 Å². The molecule has 0 spiro atoms. The first-order valence-corrected chi connectivity index (χ1v) is 9.82. The average molecular weight is 414 g/mol. The van der Waals surface area contributed by atoms with E-state index in [1.54, 1.807) is 13.2 Å². The molecule has 2 heterocycles. The van der Waals surface area contributed by atoms with E-state index in [-0.39, 0.29) is 0 Å². The third-order valence-corrected chi connectivity index (χ3v) is 5.60. The molecule has 142 valence electrons. The van der Waals surface area contributed by atoms with Crippen LogP contribution in [0.15, 0.2) is 56.8 Å². The number of benzene rings is 2. The monoisotopic (exact) mass is 413 g/mol. The standard InChI is InChI=1S/C20H16ClN3O3S/c1-11-7-17-15(9-16(11)21)13(8-18(25)27-17)10-28-20-22-19(23-24-20)12-3-5-14(26-2)6-4-12/h3-9H,10H2,1-2H3,(H,22,23,24). The highest BCUT2D eigenvalue weighted by molar-refractivity contribution is 7.98. The van der Waals surface area contributed by atoms with Gasteiger partial charge in [0.25, 0.3) is 0 Å². The van der Waals surface area contributed by atoms with Crippen molar-refractivity contribution in [2.45, 2.75) is 17.8 Å². The van der Waals surface area contributed by atoms with E-state index in [1.807, 2.05) is 37.3 Å². The molecule has 8 heteroatoms. The summed E-state index contributed by atoms with van der Waals surface area (Å²) in [6.07, 6.45) is 0. The number of hydrogen-bond donors (Lipinski definition) is 1.